The van der Waals surface area contributed by atoms with Crippen LogP contribution >= 0.6 is 0 Å². The molecule has 1 aliphatic carbocycles. The highest BCUT2D eigenvalue weighted by Gasteiger charge is 2.12. The highest BCUT2D eigenvalue weighted by atomic mass is 19.1. The summed E-state index contributed by atoms with van der Waals surface area (Å²) in [5, 5.41) is 3.32. The molecule has 0 unspecified atom stereocenters. The molecule has 3 N–H and O–H groups in total. The number of hydrogen-bond donors (Lipinski definition) is 2. The van der Waals surface area contributed by atoms with Crippen molar-refractivity contribution in [2.75, 3.05) is 13.7 Å². The topological polar surface area (TPSA) is 59.6 Å². The van der Waals surface area contributed by atoms with E-state index in [0.29, 0.717) is 25.0 Å². The molecule has 0 heterocycles. The van der Waals surface area contributed by atoms with Gasteiger partial charge in [-0.15, -0.1) is 0 Å². The summed E-state index contributed by atoms with van der Waals surface area (Å²) in [6, 6.07) is 5.34. The molecule has 5 heteroatoms. The summed E-state index contributed by atoms with van der Waals surface area (Å²) in [6.07, 6.45) is 8.23. The van der Waals surface area contributed by atoms with Crippen LogP contribution in [0.15, 0.2) is 23.2 Å². The van der Waals surface area contributed by atoms with Gasteiger partial charge in [-0.1, -0.05) is 31.7 Å². The van der Waals surface area contributed by atoms with Gasteiger partial charge in [0.05, 0.1) is 7.11 Å². The van der Waals surface area contributed by atoms with E-state index >= 15 is 0 Å². The number of benzene rings is 1. The third kappa shape index (κ3) is 5.20. The van der Waals surface area contributed by atoms with Gasteiger partial charge in [0.25, 0.3) is 0 Å². The number of guanidine groups is 1. The number of hydrogen-bond acceptors (Lipinski definition) is 2. The Labute approximate surface area is 132 Å². The molecule has 122 valence electrons. The van der Waals surface area contributed by atoms with E-state index in [1.807, 2.05) is 0 Å². The maximum Gasteiger partial charge on any atom is 0.188 e. The molecule has 1 aromatic rings. The molecule has 1 fully saturated rings. The van der Waals surface area contributed by atoms with Gasteiger partial charge >= 0.3 is 0 Å². The number of halogens is 1. The van der Waals surface area contributed by atoms with E-state index in [1.54, 1.807) is 12.1 Å². The average molecular weight is 307 g/mol. The lowest BCUT2D eigenvalue weighted by atomic mass is 10.1. The summed E-state index contributed by atoms with van der Waals surface area (Å²) in [7, 11) is 1.47. The van der Waals surface area contributed by atoms with Gasteiger partial charge in [-0.3, -0.25) is 4.99 Å². The fourth-order valence-electron chi connectivity index (χ4n) is 2.84. The van der Waals surface area contributed by atoms with E-state index in [1.165, 1.54) is 51.7 Å². The zero-order valence-electron chi connectivity index (χ0n) is 13.3. The summed E-state index contributed by atoms with van der Waals surface area (Å²) in [4.78, 5) is 4.37. The molecule has 1 aromatic carbocycles. The predicted octanol–water partition coefficient (Wildman–Crippen LogP) is 3.00. The molecule has 0 aliphatic heterocycles. The number of aliphatic imine (C=N–C) groups is 1. The molecule has 2 rings (SSSR count). The van der Waals surface area contributed by atoms with Crippen molar-refractivity contribution in [1.29, 1.82) is 0 Å². The maximum atomic E-state index is 13.3. The fourth-order valence-corrected chi connectivity index (χ4v) is 2.84. The molecule has 0 radical (unpaired) electrons. The van der Waals surface area contributed by atoms with Crippen LogP contribution < -0.4 is 15.8 Å². The minimum absolute atomic E-state index is 0.269. The monoisotopic (exact) mass is 307 g/mol. The summed E-state index contributed by atoms with van der Waals surface area (Å²) in [5.41, 5.74) is 6.94. The third-order valence-electron chi connectivity index (χ3n) is 4.11. The van der Waals surface area contributed by atoms with Crippen molar-refractivity contribution < 1.29 is 9.13 Å². The highest BCUT2D eigenvalue weighted by Crippen LogP contribution is 2.19. The second-order valence-electron chi connectivity index (χ2n) is 5.82. The van der Waals surface area contributed by atoms with E-state index in [9.17, 15) is 4.39 Å². The molecule has 0 amide bonds. The Morgan fingerprint density at radius 2 is 2.05 bits per heavy atom. The molecule has 22 heavy (non-hydrogen) atoms. The smallest absolute Gasteiger partial charge is 0.188 e. The van der Waals surface area contributed by atoms with Crippen molar-refractivity contribution in [3.05, 3.63) is 29.6 Å². The first kappa shape index (κ1) is 16.6. The van der Waals surface area contributed by atoms with Gasteiger partial charge < -0.3 is 15.8 Å². The van der Waals surface area contributed by atoms with Crippen LogP contribution in [0, 0.1) is 5.82 Å². The molecule has 1 saturated carbocycles. The zero-order chi connectivity index (χ0) is 15.8. The predicted molar refractivity (Wildman–Crippen MR) is 87.8 cm³/mol. The first-order valence-corrected chi connectivity index (χ1v) is 8.08. The second kappa shape index (κ2) is 8.61. The molecular weight excluding hydrogens is 281 g/mol. The van der Waals surface area contributed by atoms with Crippen LogP contribution in [0.4, 0.5) is 4.39 Å². The van der Waals surface area contributed by atoms with Crippen LogP contribution in [-0.2, 0) is 6.42 Å². The number of nitrogens with one attached hydrogen (secondary N) is 1. The van der Waals surface area contributed by atoms with Crippen LogP contribution in [-0.4, -0.2) is 25.7 Å². The first-order valence-electron chi connectivity index (χ1n) is 8.08. The molecule has 1 aliphatic rings. The quantitative estimate of drug-likeness (QED) is 0.499. The van der Waals surface area contributed by atoms with Gasteiger partial charge in [0.15, 0.2) is 17.5 Å². The lowest BCUT2D eigenvalue weighted by molar-refractivity contribution is 0.386. The number of nitrogens with two attached hydrogens (primary N) is 1. The van der Waals surface area contributed by atoms with Crippen LogP contribution in [0.3, 0.4) is 0 Å². The maximum absolute atomic E-state index is 13.3. The normalized spacial score (nSPS) is 17.1. The number of ether oxygens (including phenoxy) is 1. The van der Waals surface area contributed by atoms with Crippen LogP contribution in [0.2, 0.25) is 0 Å². The number of rotatable bonds is 5. The van der Waals surface area contributed by atoms with E-state index in [-0.39, 0.29) is 11.6 Å². The molecule has 4 nitrogen and oxygen atoms in total. The SMILES string of the molecule is COc1cc(CCN=C(N)NC2CCCCCC2)ccc1F. The molecular formula is C17H26FN3O. The molecule has 0 bridgehead atoms. The Morgan fingerprint density at radius 1 is 1.32 bits per heavy atom. The minimum atomic E-state index is -0.343. The lowest BCUT2D eigenvalue weighted by Gasteiger charge is -2.16. The molecule has 0 spiro atoms. The van der Waals surface area contributed by atoms with E-state index in [0.717, 1.165) is 5.56 Å². The summed E-state index contributed by atoms with van der Waals surface area (Å²) < 4.78 is 18.3. The zero-order valence-corrected chi connectivity index (χ0v) is 13.3. The standard InChI is InChI=1S/C17H26FN3O/c1-22-16-12-13(8-9-15(16)18)10-11-20-17(19)21-14-6-4-2-3-5-7-14/h8-9,12,14H,2-7,10-11H2,1H3,(H3,19,20,21). The Bertz CT molecular complexity index is 497. The summed E-state index contributed by atoms with van der Waals surface area (Å²) >= 11 is 0. The number of nitrogens with zero attached hydrogens (tertiary/aromatic N) is 1. The highest BCUT2D eigenvalue weighted by molar-refractivity contribution is 5.78. The third-order valence-corrected chi connectivity index (χ3v) is 4.11. The fraction of sp³-hybridized carbons (Fsp3) is 0.588. The Balaban J connectivity index is 1.80. The molecule has 0 saturated heterocycles. The average Bonchev–Trinajstić information content (AvgIpc) is 2.77. The van der Waals surface area contributed by atoms with Gasteiger partial charge in [0.1, 0.15) is 0 Å². The lowest BCUT2D eigenvalue weighted by Crippen LogP contribution is -2.40. The minimum Gasteiger partial charge on any atom is -0.494 e. The largest absolute Gasteiger partial charge is 0.494 e. The Morgan fingerprint density at radius 3 is 2.73 bits per heavy atom. The van der Waals surface area contributed by atoms with E-state index < -0.39 is 0 Å². The second-order valence-corrected chi connectivity index (χ2v) is 5.82. The van der Waals surface area contributed by atoms with Gasteiger partial charge in [-0.2, -0.15) is 0 Å². The van der Waals surface area contributed by atoms with Crippen molar-refractivity contribution in [3.63, 3.8) is 0 Å². The van der Waals surface area contributed by atoms with Crippen molar-refractivity contribution in [2.24, 2.45) is 10.7 Å². The molecule has 0 aromatic heterocycles. The van der Waals surface area contributed by atoms with Gasteiger partial charge in [0.2, 0.25) is 0 Å². The van der Waals surface area contributed by atoms with E-state index in [2.05, 4.69) is 10.3 Å². The van der Waals surface area contributed by atoms with Crippen molar-refractivity contribution in [2.45, 2.75) is 51.0 Å². The van der Waals surface area contributed by atoms with Gasteiger partial charge in [-0.05, 0) is 37.0 Å². The Hall–Kier alpha value is -1.78. The van der Waals surface area contributed by atoms with Crippen molar-refractivity contribution >= 4 is 5.96 Å². The van der Waals surface area contributed by atoms with Crippen LogP contribution in [0.25, 0.3) is 0 Å². The summed E-state index contributed by atoms with van der Waals surface area (Å²) in [6.45, 7) is 0.584. The summed E-state index contributed by atoms with van der Waals surface area (Å²) in [5.74, 6) is 0.441. The van der Waals surface area contributed by atoms with Gasteiger partial charge in [-0.25, -0.2) is 4.39 Å². The first-order chi connectivity index (χ1) is 10.7. The van der Waals surface area contributed by atoms with Crippen molar-refractivity contribution in [3.8, 4) is 5.75 Å². The number of methoxy groups -OCH3 is 1. The van der Waals surface area contributed by atoms with Gasteiger partial charge in [0, 0.05) is 12.6 Å². The van der Waals surface area contributed by atoms with E-state index in [4.69, 9.17) is 10.5 Å². The molecule has 0 atom stereocenters. The van der Waals surface area contributed by atoms with Crippen LogP contribution in [0.5, 0.6) is 5.75 Å². The van der Waals surface area contributed by atoms with Crippen molar-refractivity contribution in [1.82, 2.24) is 5.32 Å². The van der Waals surface area contributed by atoms with Crippen LogP contribution in [0.1, 0.15) is 44.1 Å². The Kier molecular flexibility index (Phi) is 6.49.